The van der Waals surface area contributed by atoms with Crippen LogP contribution in [0.4, 0.5) is 10.9 Å². The molecule has 2 aromatic carbocycles. The number of halogens is 1. The van der Waals surface area contributed by atoms with Gasteiger partial charge in [-0.1, -0.05) is 53.6 Å². The SMILES string of the molecule is [C-]#[N+]c1ccc(C(=O)Nc2nnc(OCc3ccc(Cl)cc3)s2)c(-c2ccccc2OC)n1. The van der Waals surface area contributed by atoms with Gasteiger partial charge in [0.05, 0.1) is 18.2 Å². The number of aromatic nitrogens is 3. The van der Waals surface area contributed by atoms with Gasteiger partial charge in [-0.2, -0.15) is 0 Å². The second-order valence-electron chi connectivity index (χ2n) is 6.62. The van der Waals surface area contributed by atoms with Crippen molar-refractivity contribution in [2.24, 2.45) is 0 Å². The van der Waals surface area contributed by atoms with Crippen LogP contribution < -0.4 is 14.8 Å². The van der Waals surface area contributed by atoms with Crippen molar-refractivity contribution in [1.29, 1.82) is 0 Å². The number of nitrogens with one attached hydrogen (secondary N) is 1. The number of rotatable bonds is 7. The van der Waals surface area contributed by atoms with Crippen LogP contribution in [-0.4, -0.2) is 28.2 Å². The van der Waals surface area contributed by atoms with E-state index in [9.17, 15) is 4.79 Å². The molecular weight excluding hydrogens is 462 g/mol. The van der Waals surface area contributed by atoms with E-state index in [2.05, 4.69) is 25.3 Å². The van der Waals surface area contributed by atoms with E-state index in [4.69, 9.17) is 27.6 Å². The first kappa shape index (κ1) is 22.2. The number of carbonyl (C=O) groups is 1. The molecular formula is C23H16ClN5O3S. The van der Waals surface area contributed by atoms with Gasteiger partial charge in [-0.05, 0) is 47.2 Å². The van der Waals surface area contributed by atoms with Gasteiger partial charge in [0, 0.05) is 5.02 Å². The number of ether oxygens (including phenoxy) is 2. The van der Waals surface area contributed by atoms with Crippen molar-refractivity contribution in [2.45, 2.75) is 6.61 Å². The van der Waals surface area contributed by atoms with Gasteiger partial charge in [-0.15, -0.1) is 10.1 Å². The third kappa shape index (κ3) is 5.26. The highest BCUT2D eigenvalue weighted by Crippen LogP contribution is 2.33. The monoisotopic (exact) mass is 477 g/mol. The highest BCUT2D eigenvalue weighted by atomic mass is 35.5. The second kappa shape index (κ2) is 10.1. The van der Waals surface area contributed by atoms with Crippen molar-refractivity contribution < 1.29 is 14.3 Å². The van der Waals surface area contributed by atoms with E-state index >= 15 is 0 Å². The van der Waals surface area contributed by atoms with E-state index in [1.807, 2.05) is 18.2 Å². The van der Waals surface area contributed by atoms with Crippen molar-refractivity contribution in [3.63, 3.8) is 0 Å². The van der Waals surface area contributed by atoms with Crippen molar-refractivity contribution in [1.82, 2.24) is 15.2 Å². The highest BCUT2D eigenvalue weighted by molar-refractivity contribution is 7.17. The number of amides is 1. The number of para-hydroxylation sites is 1. The van der Waals surface area contributed by atoms with Crippen LogP contribution in [0.15, 0.2) is 60.7 Å². The summed E-state index contributed by atoms with van der Waals surface area (Å²) >= 11 is 6.99. The highest BCUT2D eigenvalue weighted by Gasteiger charge is 2.22. The summed E-state index contributed by atoms with van der Waals surface area (Å²) in [5, 5.41) is 11.9. The van der Waals surface area contributed by atoms with Crippen molar-refractivity contribution >= 4 is 39.8 Å². The second-order valence-corrected chi connectivity index (χ2v) is 8.00. The normalized spacial score (nSPS) is 10.3. The van der Waals surface area contributed by atoms with Crippen LogP contribution in [0.5, 0.6) is 10.9 Å². The summed E-state index contributed by atoms with van der Waals surface area (Å²) in [5.41, 5.74) is 2.13. The molecule has 0 fully saturated rings. The quantitative estimate of drug-likeness (QED) is 0.346. The number of carbonyl (C=O) groups excluding carboxylic acids is 1. The molecule has 164 valence electrons. The smallest absolute Gasteiger partial charge is 0.296 e. The van der Waals surface area contributed by atoms with E-state index in [1.54, 1.807) is 36.4 Å². The van der Waals surface area contributed by atoms with E-state index in [0.29, 0.717) is 33.8 Å². The first-order valence-corrected chi connectivity index (χ1v) is 10.8. The zero-order valence-corrected chi connectivity index (χ0v) is 18.9. The van der Waals surface area contributed by atoms with Crippen LogP contribution in [0, 0.1) is 6.57 Å². The molecule has 0 bridgehead atoms. The minimum Gasteiger partial charge on any atom is -0.496 e. The molecule has 33 heavy (non-hydrogen) atoms. The largest absolute Gasteiger partial charge is 0.496 e. The third-order valence-electron chi connectivity index (χ3n) is 4.50. The molecule has 0 spiro atoms. The number of hydrogen-bond donors (Lipinski definition) is 1. The van der Waals surface area contributed by atoms with Gasteiger partial charge in [0.1, 0.15) is 12.4 Å². The summed E-state index contributed by atoms with van der Waals surface area (Å²) in [6.07, 6.45) is 0. The van der Waals surface area contributed by atoms with Gasteiger partial charge in [0.2, 0.25) is 5.13 Å². The fraction of sp³-hybridized carbons (Fsp3) is 0.0870. The maximum absolute atomic E-state index is 13.0. The lowest BCUT2D eigenvalue weighted by atomic mass is 10.0. The molecule has 0 unspecified atom stereocenters. The van der Waals surface area contributed by atoms with Crippen molar-refractivity contribution in [3.05, 3.63) is 88.2 Å². The predicted molar refractivity (Wildman–Crippen MR) is 126 cm³/mol. The van der Waals surface area contributed by atoms with E-state index < -0.39 is 5.91 Å². The summed E-state index contributed by atoms with van der Waals surface area (Å²) in [6.45, 7) is 7.56. The molecule has 1 N–H and O–H groups in total. The number of pyridine rings is 1. The molecule has 0 saturated carbocycles. The summed E-state index contributed by atoms with van der Waals surface area (Å²) in [5.74, 6) is 0.261. The maximum atomic E-state index is 13.0. The van der Waals surface area contributed by atoms with Crippen LogP contribution >= 0.6 is 22.9 Å². The van der Waals surface area contributed by atoms with Crippen molar-refractivity contribution in [3.8, 4) is 22.2 Å². The third-order valence-corrected chi connectivity index (χ3v) is 5.51. The Kier molecular flexibility index (Phi) is 6.78. The minimum absolute atomic E-state index is 0.168. The van der Waals surface area contributed by atoms with Crippen LogP contribution in [0.1, 0.15) is 15.9 Å². The van der Waals surface area contributed by atoms with Gasteiger partial charge >= 0.3 is 0 Å². The molecule has 1 amide bonds. The van der Waals surface area contributed by atoms with Crippen LogP contribution in [0.3, 0.4) is 0 Å². The Bertz CT molecular complexity index is 1330. The number of anilines is 1. The number of methoxy groups -OCH3 is 1. The van der Waals surface area contributed by atoms with Gasteiger partial charge in [-0.25, -0.2) is 0 Å². The first-order valence-electron chi connectivity index (χ1n) is 9.61. The van der Waals surface area contributed by atoms with Crippen molar-refractivity contribution in [2.75, 3.05) is 12.4 Å². The lowest BCUT2D eigenvalue weighted by Crippen LogP contribution is -2.14. The fourth-order valence-electron chi connectivity index (χ4n) is 2.95. The average molecular weight is 478 g/mol. The first-order chi connectivity index (χ1) is 16.1. The zero-order valence-electron chi connectivity index (χ0n) is 17.3. The van der Waals surface area contributed by atoms with E-state index in [-0.39, 0.29) is 16.5 Å². The molecule has 0 aliphatic rings. The zero-order chi connectivity index (χ0) is 23.2. The molecule has 2 aromatic heterocycles. The van der Waals surface area contributed by atoms with Gasteiger partial charge in [0.25, 0.3) is 16.9 Å². The Hall–Kier alpha value is -4.00. The number of benzene rings is 2. The molecule has 0 saturated heterocycles. The molecule has 0 aliphatic heterocycles. The molecule has 0 aliphatic carbocycles. The fourth-order valence-corrected chi connectivity index (χ4v) is 3.66. The Labute approximate surface area is 198 Å². The Morgan fingerprint density at radius 3 is 2.67 bits per heavy atom. The predicted octanol–water partition coefficient (Wildman–Crippen LogP) is 5.64. The average Bonchev–Trinajstić information content (AvgIpc) is 3.30. The molecule has 4 rings (SSSR count). The number of hydrogen-bond acceptors (Lipinski definition) is 7. The standard InChI is InChI=1S/C23H16ClN5O3S/c1-25-19-12-11-17(20(26-19)16-5-3-4-6-18(16)31-2)21(30)27-22-28-29-23(33-22)32-13-14-7-9-15(24)10-8-14/h3-12H,13H2,2H3,(H,27,28,30). The lowest BCUT2D eigenvalue weighted by Gasteiger charge is -2.09. The van der Waals surface area contributed by atoms with E-state index in [1.165, 1.54) is 13.2 Å². The van der Waals surface area contributed by atoms with Gasteiger partial charge < -0.3 is 14.3 Å². The molecule has 10 heteroatoms. The van der Waals surface area contributed by atoms with E-state index in [0.717, 1.165) is 16.9 Å². The van der Waals surface area contributed by atoms with Crippen LogP contribution in [-0.2, 0) is 6.61 Å². The van der Waals surface area contributed by atoms with Gasteiger partial charge in [-0.3, -0.25) is 10.1 Å². The van der Waals surface area contributed by atoms with Gasteiger partial charge in [0.15, 0.2) is 5.69 Å². The molecule has 4 aromatic rings. The summed E-state index contributed by atoms with van der Waals surface area (Å²) in [4.78, 5) is 20.8. The summed E-state index contributed by atoms with van der Waals surface area (Å²) < 4.78 is 11.0. The molecule has 0 atom stereocenters. The molecule has 0 radical (unpaired) electrons. The molecule has 8 nitrogen and oxygen atoms in total. The Balaban J connectivity index is 1.53. The van der Waals surface area contributed by atoms with Crippen LogP contribution in [0.25, 0.3) is 16.1 Å². The Morgan fingerprint density at radius 1 is 1.12 bits per heavy atom. The molecule has 2 heterocycles. The lowest BCUT2D eigenvalue weighted by molar-refractivity contribution is 0.102. The number of nitrogens with zero attached hydrogens (tertiary/aromatic N) is 4. The Morgan fingerprint density at radius 2 is 1.91 bits per heavy atom. The van der Waals surface area contributed by atoms with Crippen LogP contribution in [0.2, 0.25) is 5.02 Å². The maximum Gasteiger partial charge on any atom is 0.296 e. The summed E-state index contributed by atoms with van der Waals surface area (Å²) in [7, 11) is 1.53. The topological polar surface area (TPSA) is 90.6 Å². The minimum atomic E-state index is -0.444. The summed E-state index contributed by atoms with van der Waals surface area (Å²) in [6, 6.07) is 17.5.